The third-order valence-corrected chi connectivity index (χ3v) is 3.01. The van der Waals surface area contributed by atoms with Crippen LogP contribution in [0.15, 0.2) is 35.1 Å². The Morgan fingerprint density at radius 3 is 2.71 bits per heavy atom. The van der Waals surface area contributed by atoms with E-state index in [0.29, 0.717) is 11.5 Å². The van der Waals surface area contributed by atoms with Gasteiger partial charge < -0.3 is 15.0 Å². The van der Waals surface area contributed by atoms with Crippen molar-refractivity contribution in [1.82, 2.24) is 20.1 Å². The number of anilines is 1. The number of aryl methyl sites for hydroxylation is 1. The minimum atomic E-state index is 0.240. The summed E-state index contributed by atoms with van der Waals surface area (Å²) in [7, 11) is 1.63. The van der Waals surface area contributed by atoms with Crippen LogP contribution < -0.4 is 10.5 Å². The molecule has 1 aromatic carbocycles. The highest BCUT2D eigenvalue weighted by Gasteiger charge is 2.15. The lowest BCUT2D eigenvalue weighted by molar-refractivity contribution is 0.411. The summed E-state index contributed by atoms with van der Waals surface area (Å²) in [5.74, 6) is 1.75. The molecule has 3 rings (SSSR count). The number of hydrogen-bond donors (Lipinski definition) is 1. The topological polar surface area (TPSA) is 100.0 Å². The second-order valence-electron chi connectivity index (χ2n) is 4.40. The second-order valence-corrected chi connectivity index (χ2v) is 4.40. The largest absolute Gasteiger partial charge is 0.496 e. The first-order valence-electron chi connectivity index (χ1n) is 6.24. The van der Waals surface area contributed by atoms with Crippen LogP contribution in [0.4, 0.5) is 5.82 Å². The Labute approximate surface area is 120 Å². The average molecular weight is 283 g/mol. The van der Waals surface area contributed by atoms with Gasteiger partial charge in [0.1, 0.15) is 5.75 Å². The molecule has 0 unspecified atom stereocenters. The van der Waals surface area contributed by atoms with E-state index in [1.54, 1.807) is 7.11 Å². The zero-order chi connectivity index (χ0) is 14.8. The molecule has 0 bridgehead atoms. The highest BCUT2D eigenvalue weighted by atomic mass is 16.5. The minimum Gasteiger partial charge on any atom is -0.496 e. The smallest absolute Gasteiger partial charge is 0.280 e. The van der Waals surface area contributed by atoms with Crippen molar-refractivity contribution in [2.75, 3.05) is 12.8 Å². The summed E-state index contributed by atoms with van der Waals surface area (Å²) in [6.45, 7) is 1.95. The number of benzene rings is 1. The predicted octanol–water partition coefficient (Wildman–Crippen LogP) is 2.09. The molecule has 0 spiro atoms. The standard InChI is InChI=1S/C14H13N5O2/c1-8-7-9(3-4-10(8)20-2)13-18-14(21-19-13)11-12(15)17-6-5-16-11/h3-7H,1-2H3,(H2,15,17). The van der Waals surface area contributed by atoms with Crippen molar-refractivity contribution in [3.05, 3.63) is 36.2 Å². The fraction of sp³-hybridized carbons (Fsp3) is 0.143. The number of rotatable bonds is 3. The van der Waals surface area contributed by atoms with E-state index in [-0.39, 0.29) is 11.7 Å². The maximum absolute atomic E-state index is 5.74. The normalized spacial score (nSPS) is 10.6. The predicted molar refractivity (Wildman–Crippen MR) is 76.5 cm³/mol. The first-order chi connectivity index (χ1) is 10.2. The molecule has 2 heterocycles. The Bertz CT molecular complexity index is 785. The summed E-state index contributed by atoms with van der Waals surface area (Å²) in [4.78, 5) is 12.3. The van der Waals surface area contributed by atoms with E-state index in [9.17, 15) is 0 Å². The Morgan fingerprint density at radius 1 is 1.19 bits per heavy atom. The van der Waals surface area contributed by atoms with Gasteiger partial charge in [0, 0.05) is 18.0 Å². The number of nitrogens with two attached hydrogens (primary N) is 1. The highest BCUT2D eigenvalue weighted by molar-refractivity contribution is 5.65. The molecule has 2 N–H and O–H groups in total. The van der Waals surface area contributed by atoms with Crippen molar-refractivity contribution in [3.8, 4) is 28.7 Å². The summed E-state index contributed by atoms with van der Waals surface area (Å²) in [5.41, 5.74) is 7.93. The van der Waals surface area contributed by atoms with E-state index >= 15 is 0 Å². The lowest BCUT2D eigenvalue weighted by Gasteiger charge is -2.04. The van der Waals surface area contributed by atoms with Crippen molar-refractivity contribution in [2.24, 2.45) is 0 Å². The third-order valence-electron chi connectivity index (χ3n) is 3.01. The summed E-state index contributed by atoms with van der Waals surface area (Å²) in [5, 5.41) is 3.95. The monoisotopic (exact) mass is 283 g/mol. The molecule has 0 saturated heterocycles. The molecule has 0 aliphatic carbocycles. The van der Waals surface area contributed by atoms with Gasteiger partial charge in [-0.05, 0) is 30.7 Å². The molecule has 3 aromatic rings. The van der Waals surface area contributed by atoms with Gasteiger partial charge in [-0.3, -0.25) is 0 Å². The van der Waals surface area contributed by atoms with Crippen molar-refractivity contribution < 1.29 is 9.26 Å². The van der Waals surface area contributed by atoms with Crippen LogP contribution >= 0.6 is 0 Å². The fourth-order valence-corrected chi connectivity index (χ4v) is 1.97. The van der Waals surface area contributed by atoms with Crippen LogP contribution in [-0.2, 0) is 0 Å². The minimum absolute atomic E-state index is 0.240. The average Bonchev–Trinajstić information content (AvgIpc) is 2.97. The highest BCUT2D eigenvalue weighted by Crippen LogP contribution is 2.26. The number of aromatic nitrogens is 4. The Hall–Kier alpha value is -2.96. The molecule has 106 valence electrons. The molecule has 7 heteroatoms. The van der Waals surface area contributed by atoms with E-state index in [2.05, 4.69) is 20.1 Å². The number of methoxy groups -OCH3 is 1. The molecular formula is C14H13N5O2. The van der Waals surface area contributed by atoms with E-state index < -0.39 is 0 Å². The van der Waals surface area contributed by atoms with Gasteiger partial charge in [-0.15, -0.1) is 0 Å². The molecule has 0 aliphatic rings. The van der Waals surface area contributed by atoms with Gasteiger partial charge in [0.25, 0.3) is 5.89 Å². The molecule has 0 aliphatic heterocycles. The van der Waals surface area contributed by atoms with Crippen molar-refractivity contribution in [3.63, 3.8) is 0 Å². The number of nitrogen functional groups attached to an aromatic ring is 1. The zero-order valence-corrected chi connectivity index (χ0v) is 11.6. The quantitative estimate of drug-likeness (QED) is 0.785. The Morgan fingerprint density at radius 2 is 2.00 bits per heavy atom. The van der Waals surface area contributed by atoms with E-state index in [1.807, 2.05) is 25.1 Å². The summed E-state index contributed by atoms with van der Waals surface area (Å²) < 4.78 is 10.4. The zero-order valence-electron chi connectivity index (χ0n) is 11.6. The van der Waals surface area contributed by atoms with Crippen LogP contribution in [0.1, 0.15) is 5.56 Å². The van der Waals surface area contributed by atoms with Crippen molar-refractivity contribution >= 4 is 5.82 Å². The van der Waals surface area contributed by atoms with Gasteiger partial charge >= 0.3 is 0 Å². The lowest BCUT2D eigenvalue weighted by Crippen LogP contribution is -1.96. The molecule has 0 atom stereocenters. The molecule has 7 nitrogen and oxygen atoms in total. The summed E-state index contributed by atoms with van der Waals surface area (Å²) in [6, 6.07) is 5.64. The van der Waals surface area contributed by atoms with E-state index in [4.69, 9.17) is 15.0 Å². The SMILES string of the molecule is COc1ccc(-c2noc(-c3nccnc3N)n2)cc1C. The van der Waals surface area contributed by atoms with E-state index in [1.165, 1.54) is 12.4 Å². The van der Waals surface area contributed by atoms with E-state index in [0.717, 1.165) is 16.9 Å². The van der Waals surface area contributed by atoms with Gasteiger partial charge in [-0.2, -0.15) is 4.98 Å². The summed E-state index contributed by atoms with van der Waals surface area (Å²) in [6.07, 6.45) is 3.02. The van der Waals surface area contributed by atoms with Gasteiger partial charge in [0.2, 0.25) is 5.82 Å². The molecular weight excluding hydrogens is 270 g/mol. The van der Waals surface area contributed by atoms with Crippen LogP contribution in [0.25, 0.3) is 23.0 Å². The van der Waals surface area contributed by atoms with Crippen LogP contribution in [0.5, 0.6) is 5.75 Å². The number of hydrogen-bond acceptors (Lipinski definition) is 7. The van der Waals surface area contributed by atoms with Crippen molar-refractivity contribution in [1.29, 1.82) is 0 Å². The maximum Gasteiger partial charge on any atom is 0.280 e. The molecule has 0 radical (unpaired) electrons. The molecule has 2 aromatic heterocycles. The maximum atomic E-state index is 5.74. The second kappa shape index (κ2) is 5.20. The van der Waals surface area contributed by atoms with Gasteiger partial charge in [0.15, 0.2) is 11.5 Å². The van der Waals surface area contributed by atoms with Crippen LogP contribution in [0, 0.1) is 6.92 Å². The van der Waals surface area contributed by atoms with Crippen LogP contribution in [0.2, 0.25) is 0 Å². The van der Waals surface area contributed by atoms with Gasteiger partial charge in [-0.1, -0.05) is 5.16 Å². The first kappa shape index (κ1) is 13.0. The van der Waals surface area contributed by atoms with Gasteiger partial charge in [0.05, 0.1) is 7.11 Å². The number of nitrogens with zero attached hydrogens (tertiary/aromatic N) is 4. The van der Waals surface area contributed by atoms with Crippen LogP contribution in [0.3, 0.4) is 0 Å². The summed E-state index contributed by atoms with van der Waals surface area (Å²) >= 11 is 0. The molecule has 0 amide bonds. The fourth-order valence-electron chi connectivity index (χ4n) is 1.97. The molecule has 0 fully saturated rings. The van der Waals surface area contributed by atoms with Crippen LogP contribution in [-0.4, -0.2) is 27.2 Å². The first-order valence-corrected chi connectivity index (χ1v) is 6.24. The number of ether oxygens (including phenoxy) is 1. The lowest BCUT2D eigenvalue weighted by atomic mass is 10.1. The molecule has 21 heavy (non-hydrogen) atoms. The third kappa shape index (κ3) is 2.40. The van der Waals surface area contributed by atoms with Gasteiger partial charge in [-0.25, -0.2) is 9.97 Å². The van der Waals surface area contributed by atoms with Crippen molar-refractivity contribution in [2.45, 2.75) is 6.92 Å². The Kier molecular flexibility index (Phi) is 3.23. The Balaban J connectivity index is 1.99. The molecule has 0 saturated carbocycles.